The maximum atomic E-state index is 14.3. The number of aliphatic hydroxyl groups excluding tert-OH is 1. The molecule has 1 aliphatic heterocycles. The van der Waals surface area contributed by atoms with Crippen molar-refractivity contribution in [3.63, 3.8) is 0 Å². The van der Waals surface area contributed by atoms with E-state index in [1.165, 1.54) is 32.1 Å². The highest BCUT2D eigenvalue weighted by Crippen LogP contribution is 2.29. The van der Waals surface area contributed by atoms with E-state index in [-0.39, 0.29) is 36.5 Å². The number of nitrogens with one attached hydrogen (secondary N) is 1. The molecule has 44 heavy (non-hydrogen) atoms. The Morgan fingerprint density at radius 2 is 1.80 bits per heavy atom. The van der Waals surface area contributed by atoms with E-state index >= 15 is 0 Å². The van der Waals surface area contributed by atoms with Gasteiger partial charge in [0.05, 0.1) is 30.4 Å². The first-order chi connectivity index (χ1) is 21.1. The molecule has 1 aliphatic carbocycles. The summed E-state index contributed by atoms with van der Waals surface area (Å²) in [6.45, 7) is 9.74. The van der Waals surface area contributed by atoms with Crippen LogP contribution in [0.25, 0.3) is 0 Å². The average Bonchev–Trinajstić information content (AvgIpc) is 2.98. The van der Waals surface area contributed by atoms with Gasteiger partial charge in [-0.15, -0.1) is 0 Å². The van der Waals surface area contributed by atoms with Crippen molar-refractivity contribution >= 4 is 17.5 Å². The van der Waals surface area contributed by atoms with Crippen LogP contribution >= 0.6 is 0 Å². The van der Waals surface area contributed by atoms with E-state index in [0.29, 0.717) is 36.6 Å². The Morgan fingerprint density at radius 3 is 2.50 bits per heavy atom. The van der Waals surface area contributed by atoms with Crippen LogP contribution in [0.3, 0.4) is 0 Å². The minimum Gasteiger partial charge on any atom is -0.490 e. The highest BCUT2D eigenvalue weighted by Gasteiger charge is 2.31. The first-order valence-corrected chi connectivity index (χ1v) is 17.0. The first kappa shape index (κ1) is 36.3. The summed E-state index contributed by atoms with van der Waals surface area (Å²) in [4.78, 5) is 33.2. The number of fused-ring (bicyclic) bond motifs is 1. The Morgan fingerprint density at radius 1 is 1.07 bits per heavy atom. The molecule has 2 aliphatic rings. The van der Waals surface area contributed by atoms with Crippen LogP contribution in [-0.2, 0) is 9.53 Å². The van der Waals surface area contributed by atoms with Gasteiger partial charge < -0.3 is 34.6 Å². The van der Waals surface area contributed by atoms with E-state index in [1.807, 2.05) is 27.9 Å². The zero-order chi connectivity index (χ0) is 32.1. The number of ether oxygens (including phenoxy) is 2. The lowest BCUT2D eigenvalue weighted by molar-refractivity contribution is -0.116. The topological polar surface area (TPSA) is 94.6 Å². The quantitative estimate of drug-likeness (QED) is 0.350. The average molecular weight is 617 g/mol. The summed E-state index contributed by atoms with van der Waals surface area (Å²) >= 11 is 0. The highest BCUT2D eigenvalue weighted by atomic mass is 16.5. The number of nitrogens with zero attached hydrogens (tertiary/aromatic N) is 3. The van der Waals surface area contributed by atoms with Crippen LogP contribution in [0.15, 0.2) is 18.2 Å². The van der Waals surface area contributed by atoms with Gasteiger partial charge in [-0.1, -0.05) is 26.2 Å². The maximum Gasteiger partial charge on any atom is 0.258 e. The monoisotopic (exact) mass is 616 g/mol. The summed E-state index contributed by atoms with van der Waals surface area (Å²) < 4.78 is 12.9. The van der Waals surface area contributed by atoms with Gasteiger partial charge in [0.25, 0.3) is 5.91 Å². The Hall–Kier alpha value is -2.20. The number of carbonyl (C=O) groups excluding carboxylic acids is 2. The molecule has 4 atom stereocenters. The summed E-state index contributed by atoms with van der Waals surface area (Å²) in [5, 5.41) is 13.2. The number of aliphatic hydroxyl groups is 1. The Kier molecular flexibility index (Phi) is 15.4. The zero-order valence-electron chi connectivity index (χ0n) is 28.4. The Balaban J connectivity index is 1.84. The first-order valence-electron chi connectivity index (χ1n) is 17.0. The van der Waals surface area contributed by atoms with Crippen molar-refractivity contribution in [3.05, 3.63) is 23.8 Å². The highest BCUT2D eigenvalue weighted by molar-refractivity contribution is 5.99. The second-order valence-corrected chi connectivity index (χ2v) is 13.7. The van der Waals surface area contributed by atoms with Crippen molar-refractivity contribution in [3.8, 4) is 5.75 Å². The molecule has 9 heteroatoms. The fraction of sp³-hybridized carbons (Fsp3) is 0.771. The molecule has 0 bridgehead atoms. The number of benzene rings is 1. The van der Waals surface area contributed by atoms with Gasteiger partial charge in [-0.25, -0.2) is 0 Å². The summed E-state index contributed by atoms with van der Waals surface area (Å²) in [6, 6.07) is 4.93. The molecule has 1 fully saturated rings. The predicted octanol–water partition coefficient (Wildman–Crippen LogP) is 5.27. The van der Waals surface area contributed by atoms with Crippen molar-refractivity contribution in [2.75, 3.05) is 65.9 Å². The largest absolute Gasteiger partial charge is 0.490 e. The van der Waals surface area contributed by atoms with Gasteiger partial charge >= 0.3 is 0 Å². The van der Waals surface area contributed by atoms with Gasteiger partial charge in [-0.2, -0.15) is 0 Å². The maximum absolute atomic E-state index is 14.3. The predicted molar refractivity (Wildman–Crippen MR) is 177 cm³/mol. The number of anilines is 1. The summed E-state index contributed by atoms with van der Waals surface area (Å²) in [6.07, 6.45) is 10.4. The minimum absolute atomic E-state index is 0.0337. The standard InChI is InChI=1S/C35H60N4O5/c1-26-22-39(27(2)25-40)35(42)31-21-30(36-34(41)16-12-19-37(4)5)17-18-32(31)44-28(3)13-10-11-20-43-33(26)24-38(6)23-29-14-8-7-9-15-29/h17-18,21,26-29,33,40H,7-16,19-20,22-25H2,1-6H3,(H,36,41)/t26-,27-,28+,33+/m1/s1. The second-order valence-electron chi connectivity index (χ2n) is 13.7. The van der Waals surface area contributed by atoms with Crippen LogP contribution in [0, 0.1) is 11.8 Å². The number of hydrogen-bond acceptors (Lipinski definition) is 7. The van der Waals surface area contributed by atoms with Crippen molar-refractivity contribution in [2.45, 2.75) is 103 Å². The van der Waals surface area contributed by atoms with E-state index in [2.05, 4.69) is 29.1 Å². The van der Waals surface area contributed by atoms with Crippen LogP contribution in [0.2, 0.25) is 0 Å². The van der Waals surface area contributed by atoms with Crippen LogP contribution in [0.4, 0.5) is 5.69 Å². The summed E-state index contributed by atoms with van der Waals surface area (Å²) in [7, 11) is 6.17. The third kappa shape index (κ3) is 12.0. The van der Waals surface area contributed by atoms with Crippen LogP contribution < -0.4 is 10.1 Å². The van der Waals surface area contributed by atoms with Crippen molar-refractivity contribution in [1.82, 2.24) is 14.7 Å². The smallest absolute Gasteiger partial charge is 0.258 e. The lowest BCUT2D eigenvalue weighted by Crippen LogP contribution is -2.47. The number of carbonyl (C=O) groups is 2. The molecule has 0 spiro atoms. The van der Waals surface area contributed by atoms with E-state index in [1.54, 1.807) is 23.1 Å². The molecule has 250 valence electrons. The minimum atomic E-state index is -0.395. The van der Waals surface area contributed by atoms with Gasteiger partial charge in [-0.3, -0.25) is 9.59 Å². The molecule has 2 amide bonds. The summed E-state index contributed by atoms with van der Waals surface area (Å²) in [5.74, 6) is 1.01. The van der Waals surface area contributed by atoms with Gasteiger partial charge in [-0.05, 0) is 104 Å². The van der Waals surface area contributed by atoms with E-state index in [9.17, 15) is 14.7 Å². The normalized spacial score (nSPS) is 23.6. The van der Waals surface area contributed by atoms with Crippen molar-refractivity contribution < 1.29 is 24.2 Å². The molecule has 0 unspecified atom stereocenters. The lowest BCUT2D eigenvalue weighted by atomic mass is 9.89. The summed E-state index contributed by atoms with van der Waals surface area (Å²) in [5.41, 5.74) is 0.971. The van der Waals surface area contributed by atoms with Crippen molar-refractivity contribution in [1.29, 1.82) is 0 Å². The third-order valence-corrected chi connectivity index (χ3v) is 9.13. The fourth-order valence-electron chi connectivity index (χ4n) is 6.43. The molecule has 1 saturated carbocycles. The van der Waals surface area contributed by atoms with Crippen LogP contribution in [0.1, 0.15) is 95.3 Å². The molecule has 1 heterocycles. The molecule has 3 rings (SSSR count). The Bertz CT molecular complexity index is 1010. The SMILES string of the molecule is C[C@@H]1CN([C@H](C)CO)C(=O)c2cc(NC(=O)CCCN(C)C)ccc2O[C@@H](C)CCCCO[C@H]1CN(C)CC1CCCCC1. The third-order valence-electron chi connectivity index (χ3n) is 9.13. The number of likely N-dealkylation sites (N-methyl/N-ethyl adjacent to an activating group) is 1. The van der Waals surface area contributed by atoms with Crippen molar-refractivity contribution in [2.24, 2.45) is 11.8 Å². The number of hydrogen-bond donors (Lipinski definition) is 2. The number of rotatable bonds is 11. The molecule has 9 nitrogen and oxygen atoms in total. The van der Waals surface area contributed by atoms with Crippen LogP contribution in [0.5, 0.6) is 5.75 Å². The van der Waals surface area contributed by atoms with E-state index in [0.717, 1.165) is 51.2 Å². The molecule has 2 N–H and O–H groups in total. The molecule has 0 radical (unpaired) electrons. The zero-order valence-corrected chi connectivity index (χ0v) is 28.4. The second kappa shape index (κ2) is 18.7. The molecule has 1 aromatic rings. The van der Waals surface area contributed by atoms with Gasteiger partial charge in [0.1, 0.15) is 5.75 Å². The van der Waals surface area contributed by atoms with Gasteiger partial charge in [0.2, 0.25) is 5.91 Å². The van der Waals surface area contributed by atoms with E-state index < -0.39 is 6.04 Å². The molecule has 1 aromatic carbocycles. The van der Waals surface area contributed by atoms with Crippen LogP contribution in [-0.4, -0.2) is 110 Å². The van der Waals surface area contributed by atoms with E-state index in [4.69, 9.17) is 9.47 Å². The lowest BCUT2D eigenvalue weighted by Gasteiger charge is -2.36. The fourth-order valence-corrected chi connectivity index (χ4v) is 6.43. The van der Waals surface area contributed by atoms with Gasteiger partial charge in [0, 0.05) is 44.3 Å². The number of amides is 2. The molecule has 0 saturated heterocycles. The Labute approximate surface area is 266 Å². The molecular formula is C35H60N4O5. The van der Waals surface area contributed by atoms with Gasteiger partial charge in [0.15, 0.2) is 0 Å². The molecular weight excluding hydrogens is 556 g/mol. The molecule has 0 aromatic heterocycles.